The van der Waals surface area contributed by atoms with Gasteiger partial charge in [-0.25, -0.2) is 8.78 Å². The molecule has 0 aliphatic carbocycles. The zero-order chi connectivity index (χ0) is 15.4. The van der Waals surface area contributed by atoms with Gasteiger partial charge in [0.25, 0.3) is 0 Å². The van der Waals surface area contributed by atoms with Gasteiger partial charge < -0.3 is 15.8 Å². The predicted octanol–water partition coefficient (Wildman–Crippen LogP) is 3.22. The number of nitrogens with two attached hydrogens (primary N) is 1. The third-order valence-electron chi connectivity index (χ3n) is 3.10. The van der Waals surface area contributed by atoms with E-state index in [2.05, 4.69) is 5.16 Å². The maximum Gasteiger partial charge on any atom is 0.170 e. The van der Waals surface area contributed by atoms with Crippen molar-refractivity contribution >= 4 is 17.2 Å². The van der Waals surface area contributed by atoms with Gasteiger partial charge in [0.05, 0.1) is 5.69 Å². The first-order valence-electron chi connectivity index (χ1n) is 6.37. The number of halogens is 2. The Bertz CT molecular complexity index is 656. The summed E-state index contributed by atoms with van der Waals surface area (Å²) in [7, 11) is 0. The molecule has 2 rings (SSSR count). The van der Waals surface area contributed by atoms with Crippen molar-refractivity contribution in [2.24, 2.45) is 10.9 Å². The number of oxime groups is 1. The van der Waals surface area contributed by atoms with Crippen LogP contribution >= 0.6 is 0 Å². The minimum Gasteiger partial charge on any atom is -0.409 e. The molecule has 0 unspecified atom stereocenters. The van der Waals surface area contributed by atoms with Crippen LogP contribution in [0.25, 0.3) is 0 Å². The fraction of sp³-hybridized carbons (Fsp3) is 0.133. The SMILES string of the molecule is CCN(c1ccc(F)cc1)c1ccc(C(N)=NO)cc1F. The van der Waals surface area contributed by atoms with Crippen molar-refractivity contribution in [1.29, 1.82) is 0 Å². The quantitative estimate of drug-likeness (QED) is 0.393. The fourth-order valence-electron chi connectivity index (χ4n) is 2.06. The Hall–Kier alpha value is -2.63. The highest BCUT2D eigenvalue weighted by Gasteiger charge is 2.14. The number of rotatable bonds is 4. The van der Waals surface area contributed by atoms with Gasteiger partial charge in [0.1, 0.15) is 11.6 Å². The zero-order valence-electron chi connectivity index (χ0n) is 11.4. The van der Waals surface area contributed by atoms with Crippen molar-refractivity contribution in [3.63, 3.8) is 0 Å². The number of nitrogens with zero attached hydrogens (tertiary/aromatic N) is 2. The molecule has 0 radical (unpaired) electrons. The first-order valence-corrected chi connectivity index (χ1v) is 6.37. The van der Waals surface area contributed by atoms with Crippen LogP contribution in [-0.2, 0) is 0 Å². The van der Waals surface area contributed by atoms with E-state index in [1.165, 1.54) is 24.3 Å². The number of anilines is 2. The van der Waals surface area contributed by atoms with Crippen molar-refractivity contribution in [3.05, 3.63) is 59.7 Å². The van der Waals surface area contributed by atoms with Crippen molar-refractivity contribution in [2.45, 2.75) is 6.92 Å². The summed E-state index contributed by atoms with van der Waals surface area (Å²) in [5.74, 6) is -1.02. The molecule has 0 atom stereocenters. The molecule has 110 valence electrons. The standard InChI is InChI=1S/C15H15F2N3O/c1-2-20(12-6-4-11(16)5-7-12)14-8-3-10(9-13(14)17)15(18)19-21/h3-9,21H,2H2,1H3,(H2,18,19). The molecule has 4 nitrogen and oxygen atoms in total. The van der Waals surface area contributed by atoms with Gasteiger partial charge in [-0.3, -0.25) is 0 Å². The minimum absolute atomic E-state index is 0.162. The Morgan fingerprint density at radius 3 is 2.38 bits per heavy atom. The molecule has 3 N–H and O–H groups in total. The second-order valence-corrected chi connectivity index (χ2v) is 4.37. The average Bonchev–Trinajstić information content (AvgIpc) is 2.50. The van der Waals surface area contributed by atoms with Crippen LogP contribution in [0.4, 0.5) is 20.2 Å². The molecule has 0 fully saturated rings. The smallest absolute Gasteiger partial charge is 0.170 e. The van der Waals surface area contributed by atoms with E-state index in [1.54, 1.807) is 23.1 Å². The van der Waals surface area contributed by atoms with E-state index in [0.29, 0.717) is 17.9 Å². The summed E-state index contributed by atoms with van der Waals surface area (Å²) >= 11 is 0. The van der Waals surface area contributed by atoms with Crippen LogP contribution in [-0.4, -0.2) is 17.6 Å². The Morgan fingerprint density at radius 2 is 1.86 bits per heavy atom. The normalized spacial score (nSPS) is 11.5. The highest BCUT2D eigenvalue weighted by atomic mass is 19.1. The second-order valence-electron chi connectivity index (χ2n) is 4.37. The molecular weight excluding hydrogens is 276 g/mol. The number of amidine groups is 1. The molecule has 0 aliphatic rings. The van der Waals surface area contributed by atoms with Gasteiger partial charge in [-0.2, -0.15) is 0 Å². The maximum atomic E-state index is 14.2. The summed E-state index contributed by atoms with van der Waals surface area (Å²) in [6.07, 6.45) is 0. The summed E-state index contributed by atoms with van der Waals surface area (Å²) in [5.41, 5.74) is 6.72. The van der Waals surface area contributed by atoms with Crippen LogP contribution in [0.15, 0.2) is 47.6 Å². The minimum atomic E-state index is -0.509. The molecule has 0 aromatic heterocycles. The third-order valence-corrected chi connectivity index (χ3v) is 3.10. The lowest BCUT2D eigenvalue weighted by atomic mass is 10.1. The third kappa shape index (κ3) is 3.10. The molecule has 0 saturated carbocycles. The van der Waals surface area contributed by atoms with Gasteiger partial charge in [0, 0.05) is 17.8 Å². The molecule has 2 aromatic rings. The number of benzene rings is 2. The van der Waals surface area contributed by atoms with E-state index in [9.17, 15) is 8.78 Å². The number of hydrogen-bond acceptors (Lipinski definition) is 3. The summed E-state index contributed by atoms with van der Waals surface area (Å²) in [6.45, 7) is 2.37. The summed E-state index contributed by atoms with van der Waals surface area (Å²) in [5, 5.41) is 11.4. The Balaban J connectivity index is 2.41. The molecule has 0 aliphatic heterocycles. The van der Waals surface area contributed by atoms with E-state index >= 15 is 0 Å². The van der Waals surface area contributed by atoms with Crippen molar-refractivity contribution < 1.29 is 14.0 Å². The van der Waals surface area contributed by atoms with Gasteiger partial charge in [-0.15, -0.1) is 0 Å². The van der Waals surface area contributed by atoms with Crippen molar-refractivity contribution in [3.8, 4) is 0 Å². The lowest BCUT2D eigenvalue weighted by Crippen LogP contribution is -2.19. The van der Waals surface area contributed by atoms with Gasteiger partial charge in [0.2, 0.25) is 0 Å². The second kappa shape index (κ2) is 6.21. The molecule has 0 heterocycles. The van der Waals surface area contributed by atoms with E-state index in [0.717, 1.165) is 0 Å². The molecule has 0 amide bonds. The molecule has 2 aromatic carbocycles. The van der Waals surface area contributed by atoms with E-state index in [-0.39, 0.29) is 17.2 Å². The lowest BCUT2D eigenvalue weighted by molar-refractivity contribution is 0.318. The molecule has 0 saturated heterocycles. The van der Waals surface area contributed by atoms with Crippen LogP contribution in [0.3, 0.4) is 0 Å². The van der Waals surface area contributed by atoms with Crippen LogP contribution in [0.5, 0.6) is 0 Å². The zero-order valence-corrected chi connectivity index (χ0v) is 11.4. The Labute approximate surface area is 121 Å². The van der Waals surface area contributed by atoms with Crippen LogP contribution in [0.1, 0.15) is 12.5 Å². The van der Waals surface area contributed by atoms with E-state index in [4.69, 9.17) is 10.9 Å². The predicted molar refractivity (Wildman–Crippen MR) is 78.0 cm³/mol. The van der Waals surface area contributed by atoms with Gasteiger partial charge >= 0.3 is 0 Å². The largest absolute Gasteiger partial charge is 0.409 e. The molecule has 21 heavy (non-hydrogen) atoms. The van der Waals surface area contributed by atoms with Crippen molar-refractivity contribution in [2.75, 3.05) is 11.4 Å². The summed E-state index contributed by atoms with van der Waals surface area (Å²) in [6, 6.07) is 10.1. The van der Waals surface area contributed by atoms with Gasteiger partial charge in [-0.1, -0.05) is 5.16 Å². The van der Waals surface area contributed by atoms with E-state index in [1.807, 2.05) is 6.92 Å². The summed E-state index contributed by atoms with van der Waals surface area (Å²) < 4.78 is 27.2. The van der Waals surface area contributed by atoms with E-state index < -0.39 is 5.82 Å². The molecule has 0 bridgehead atoms. The molecule has 0 spiro atoms. The first kappa shape index (κ1) is 14.8. The Kier molecular flexibility index (Phi) is 4.37. The monoisotopic (exact) mass is 291 g/mol. The van der Waals surface area contributed by atoms with Gasteiger partial charge in [0.15, 0.2) is 5.84 Å². The van der Waals surface area contributed by atoms with Crippen LogP contribution < -0.4 is 10.6 Å². The molecular formula is C15H15F2N3O. The first-order chi connectivity index (χ1) is 10.1. The van der Waals surface area contributed by atoms with Crippen LogP contribution in [0, 0.1) is 11.6 Å². The Morgan fingerprint density at radius 1 is 1.19 bits per heavy atom. The van der Waals surface area contributed by atoms with Gasteiger partial charge in [-0.05, 0) is 49.4 Å². The fourth-order valence-corrected chi connectivity index (χ4v) is 2.06. The summed E-state index contributed by atoms with van der Waals surface area (Å²) in [4.78, 5) is 1.70. The highest BCUT2D eigenvalue weighted by Crippen LogP contribution is 2.28. The highest BCUT2D eigenvalue weighted by molar-refractivity contribution is 5.97. The average molecular weight is 291 g/mol. The molecule has 6 heteroatoms. The maximum absolute atomic E-state index is 14.2. The number of hydrogen-bond donors (Lipinski definition) is 2. The van der Waals surface area contributed by atoms with Crippen LogP contribution in [0.2, 0.25) is 0 Å². The lowest BCUT2D eigenvalue weighted by Gasteiger charge is -2.24. The topological polar surface area (TPSA) is 61.8 Å². The van der Waals surface area contributed by atoms with Crippen molar-refractivity contribution in [1.82, 2.24) is 0 Å².